The van der Waals surface area contributed by atoms with E-state index < -0.39 is 5.97 Å². The maximum atomic E-state index is 12.3. The van der Waals surface area contributed by atoms with Crippen LogP contribution in [-0.4, -0.2) is 34.3 Å². The molecule has 5 heteroatoms. The lowest BCUT2D eigenvalue weighted by molar-refractivity contribution is 0.0624. The third kappa shape index (κ3) is 2.35. The van der Waals surface area contributed by atoms with Gasteiger partial charge in [0.2, 0.25) is 0 Å². The predicted molar refractivity (Wildman–Crippen MR) is 75.2 cm³/mol. The Bertz CT molecular complexity index is 662. The first-order valence-corrected chi connectivity index (χ1v) is 6.96. The van der Waals surface area contributed by atoms with Gasteiger partial charge in [0.05, 0.1) is 16.7 Å². The number of carbonyl (C=O) groups is 3. The Kier molecular flexibility index (Phi) is 3.33. The van der Waals surface area contributed by atoms with Gasteiger partial charge in [0.1, 0.15) is 0 Å². The summed E-state index contributed by atoms with van der Waals surface area (Å²) in [4.78, 5) is 36.9. The van der Waals surface area contributed by atoms with E-state index in [1.807, 2.05) is 0 Å². The first-order valence-electron chi connectivity index (χ1n) is 6.96. The molecule has 1 unspecified atom stereocenters. The molecule has 0 fully saturated rings. The number of fused-ring (bicyclic) bond motifs is 1. The molecule has 0 spiro atoms. The molecule has 1 heterocycles. The molecule has 0 saturated heterocycles. The van der Waals surface area contributed by atoms with Crippen LogP contribution >= 0.6 is 0 Å². The lowest BCUT2D eigenvalue weighted by Crippen LogP contribution is -2.34. The van der Waals surface area contributed by atoms with Crippen LogP contribution in [0.3, 0.4) is 0 Å². The van der Waals surface area contributed by atoms with Crippen molar-refractivity contribution in [1.82, 2.24) is 4.90 Å². The molecule has 0 saturated carbocycles. The molecule has 1 atom stereocenters. The van der Waals surface area contributed by atoms with Crippen LogP contribution in [0.15, 0.2) is 30.4 Å². The van der Waals surface area contributed by atoms with E-state index in [9.17, 15) is 14.4 Å². The molecule has 0 radical (unpaired) electrons. The minimum Gasteiger partial charge on any atom is -0.478 e. The Balaban J connectivity index is 1.86. The molecular formula is C16H15NO4. The zero-order chi connectivity index (χ0) is 15.0. The maximum Gasteiger partial charge on any atom is 0.335 e. The van der Waals surface area contributed by atoms with Crippen LogP contribution in [0.2, 0.25) is 0 Å². The molecule has 1 N–H and O–H groups in total. The van der Waals surface area contributed by atoms with Gasteiger partial charge < -0.3 is 5.11 Å². The normalized spacial score (nSPS) is 20.8. The molecule has 5 nitrogen and oxygen atoms in total. The van der Waals surface area contributed by atoms with Crippen LogP contribution < -0.4 is 0 Å². The summed E-state index contributed by atoms with van der Waals surface area (Å²) in [6, 6.07) is 4.08. The number of carbonyl (C=O) groups excluding carboxylic acids is 2. The standard InChI is InChI=1S/C16H15NO4/c18-14-12-7-6-11(16(20)21)8-13(12)15(19)17(14)9-10-4-2-1-3-5-10/h1-2,6-8,10H,3-5,9H2,(H,20,21). The molecule has 1 aromatic rings. The van der Waals surface area contributed by atoms with Crippen LogP contribution in [0.25, 0.3) is 0 Å². The lowest BCUT2D eigenvalue weighted by atomic mass is 9.94. The van der Waals surface area contributed by atoms with Gasteiger partial charge >= 0.3 is 5.97 Å². The molecule has 3 rings (SSSR count). The number of hydrogen-bond acceptors (Lipinski definition) is 3. The second-order valence-electron chi connectivity index (χ2n) is 5.44. The van der Waals surface area contributed by atoms with Crippen LogP contribution in [-0.2, 0) is 0 Å². The Morgan fingerprint density at radius 3 is 2.62 bits per heavy atom. The van der Waals surface area contributed by atoms with Gasteiger partial charge in [-0.05, 0) is 43.4 Å². The molecule has 1 aliphatic carbocycles. The summed E-state index contributed by atoms with van der Waals surface area (Å²) >= 11 is 0. The number of allylic oxidation sites excluding steroid dienone is 2. The highest BCUT2D eigenvalue weighted by Crippen LogP contribution is 2.27. The second kappa shape index (κ2) is 5.16. The van der Waals surface area contributed by atoms with Crippen LogP contribution in [0.5, 0.6) is 0 Å². The highest BCUT2D eigenvalue weighted by Gasteiger charge is 2.37. The fourth-order valence-electron chi connectivity index (χ4n) is 2.87. The van der Waals surface area contributed by atoms with E-state index in [1.54, 1.807) is 0 Å². The zero-order valence-corrected chi connectivity index (χ0v) is 11.4. The van der Waals surface area contributed by atoms with Gasteiger partial charge in [0.15, 0.2) is 0 Å². The third-order valence-electron chi connectivity index (χ3n) is 4.04. The second-order valence-corrected chi connectivity index (χ2v) is 5.44. The van der Waals surface area contributed by atoms with Gasteiger partial charge in [-0.15, -0.1) is 0 Å². The fourth-order valence-corrected chi connectivity index (χ4v) is 2.87. The molecule has 1 aliphatic heterocycles. The van der Waals surface area contributed by atoms with E-state index in [4.69, 9.17) is 5.11 Å². The van der Waals surface area contributed by atoms with Crippen LogP contribution in [0.4, 0.5) is 0 Å². The topological polar surface area (TPSA) is 74.7 Å². The molecule has 0 bridgehead atoms. The molecular weight excluding hydrogens is 270 g/mol. The molecule has 1 aromatic carbocycles. The first kappa shape index (κ1) is 13.5. The van der Waals surface area contributed by atoms with Crippen molar-refractivity contribution < 1.29 is 19.5 Å². The average molecular weight is 285 g/mol. The zero-order valence-electron chi connectivity index (χ0n) is 11.4. The van der Waals surface area contributed by atoms with E-state index in [1.165, 1.54) is 23.1 Å². The number of carboxylic acids is 1. The summed E-state index contributed by atoms with van der Waals surface area (Å²) in [5.74, 6) is -1.51. The fraction of sp³-hybridized carbons (Fsp3) is 0.312. The monoisotopic (exact) mass is 285 g/mol. The number of rotatable bonds is 3. The van der Waals surface area contributed by atoms with Crippen molar-refractivity contribution in [2.24, 2.45) is 5.92 Å². The Morgan fingerprint density at radius 1 is 1.19 bits per heavy atom. The Labute approximate surface area is 121 Å². The number of hydrogen-bond donors (Lipinski definition) is 1. The molecule has 0 aromatic heterocycles. The average Bonchev–Trinajstić information content (AvgIpc) is 2.73. The van der Waals surface area contributed by atoms with E-state index in [-0.39, 0.29) is 28.9 Å². The number of imide groups is 1. The molecule has 21 heavy (non-hydrogen) atoms. The third-order valence-corrected chi connectivity index (χ3v) is 4.04. The van der Waals surface area contributed by atoms with Crippen molar-refractivity contribution in [3.05, 3.63) is 47.0 Å². The van der Waals surface area contributed by atoms with Gasteiger partial charge in [-0.25, -0.2) is 4.79 Å². The first-order chi connectivity index (χ1) is 10.1. The summed E-state index contributed by atoms with van der Waals surface area (Å²) in [5.41, 5.74) is 0.528. The Morgan fingerprint density at radius 2 is 1.95 bits per heavy atom. The number of nitrogens with zero attached hydrogens (tertiary/aromatic N) is 1. The SMILES string of the molecule is O=C(O)c1ccc2c(c1)C(=O)N(CC1CC=CCC1)C2=O. The van der Waals surface area contributed by atoms with Crippen LogP contribution in [0.1, 0.15) is 50.3 Å². The summed E-state index contributed by atoms with van der Waals surface area (Å²) in [6.45, 7) is 0.402. The molecule has 108 valence electrons. The highest BCUT2D eigenvalue weighted by molar-refractivity contribution is 6.21. The van der Waals surface area contributed by atoms with Gasteiger partial charge in [-0.2, -0.15) is 0 Å². The van der Waals surface area contributed by atoms with Crippen molar-refractivity contribution in [3.63, 3.8) is 0 Å². The summed E-state index contributed by atoms with van der Waals surface area (Å²) in [5, 5.41) is 8.98. The number of benzene rings is 1. The maximum absolute atomic E-state index is 12.3. The smallest absolute Gasteiger partial charge is 0.335 e. The minimum absolute atomic E-state index is 0.0253. The molecule has 2 aliphatic rings. The summed E-state index contributed by atoms with van der Waals surface area (Å²) < 4.78 is 0. The van der Waals surface area contributed by atoms with E-state index in [0.717, 1.165) is 19.3 Å². The van der Waals surface area contributed by atoms with Crippen molar-refractivity contribution in [1.29, 1.82) is 0 Å². The van der Waals surface area contributed by atoms with Crippen molar-refractivity contribution in [2.45, 2.75) is 19.3 Å². The van der Waals surface area contributed by atoms with Crippen molar-refractivity contribution in [3.8, 4) is 0 Å². The number of amides is 2. The van der Waals surface area contributed by atoms with E-state index in [0.29, 0.717) is 12.1 Å². The molecule has 2 amide bonds. The van der Waals surface area contributed by atoms with Crippen molar-refractivity contribution in [2.75, 3.05) is 6.54 Å². The number of aromatic carboxylic acids is 1. The van der Waals surface area contributed by atoms with Gasteiger partial charge in [0, 0.05) is 6.54 Å². The highest BCUT2D eigenvalue weighted by atomic mass is 16.4. The lowest BCUT2D eigenvalue weighted by Gasteiger charge is -2.23. The quantitative estimate of drug-likeness (QED) is 0.683. The predicted octanol–water partition coefficient (Wildman–Crippen LogP) is 2.34. The van der Waals surface area contributed by atoms with Crippen LogP contribution in [0, 0.1) is 5.92 Å². The largest absolute Gasteiger partial charge is 0.478 e. The summed E-state index contributed by atoms with van der Waals surface area (Å²) in [7, 11) is 0. The van der Waals surface area contributed by atoms with E-state index in [2.05, 4.69) is 12.2 Å². The van der Waals surface area contributed by atoms with Gasteiger partial charge in [0.25, 0.3) is 11.8 Å². The van der Waals surface area contributed by atoms with Gasteiger partial charge in [-0.3, -0.25) is 14.5 Å². The van der Waals surface area contributed by atoms with Crippen molar-refractivity contribution >= 4 is 17.8 Å². The Hall–Kier alpha value is -2.43. The van der Waals surface area contributed by atoms with Gasteiger partial charge in [-0.1, -0.05) is 12.2 Å². The summed E-state index contributed by atoms with van der Waals surface area (Å²) in [6.07, 6.45) is 6.99. The number of carboxylic acid groups (broad SMARTS) is 1. The van der Waals surface area contributed by atoms with E-state index >= 15 is 0 Å². The minimum atomic E-state index is -1.10.